The van der Waals surface area contributed by atoms with Crippen LogP contribution < -0.4 is 11.1 Å². The average Bonchev–Trinajstić information content (AvgIpc) is 2.84. The maximum atomic E-state index is 12.0. The standard InChI is InChI=1S/C11H19N3O2/c1-7(12)8-4-5-14(6-8)11(16)9-2-3-10(15)13-9/h7-9H,2-6,12H2,1H3,(H,13,15). The molecule has 2 fully saturated rings. The number of nitrogens with zero attached hydrogens (tertiary/aromatic N) is 1. The lowest BCUT2D eigenvalue weighted by Crippen LogP contribution is -2.44. The van der Waals surface area contributed by atoms with Crippen molar-refractivity contribution in [2.45, 2.75) is 38.3 Å². The summed E-state index contributed by atoms with van der Waals surface area (Å²) in [4.78, 5) is 24.9. The second-order valence-electron chi connectivity index (χ2n) is 4.85. The second kappa shape index (κ2) is 4.41. The fraction of sp³-hybridized carbons (Fsp3) is 0.818. The van der Waals surface area contributed by atoms with Gasteiger partial charge in [-0.3, -0.25) is 9.59 Å². The molecule has 0 saturated carbocycles. The molecule has 2 rings (SSSR count). The summed E-state index contributed by atoms with van der Waals surface area (Å²) in [6, 6.07) is -0.157. The van der Waals surface area contributed by atoms with E-state index in [1.165, 1.54) is 0 Å². The highest BCUT2D eigenvalue weighted by Gasteiger charge is 2.35. The van der Waals surface area contributed by atoms with Gasteiger partial charge in [-0.1, -0.05) is 0 Å². The highest BCUT2D eigenvalue weighted by Crippen LogP contribution is 2.21. The minimum atomic E-state index is -0.292. The van der Waals surface area contributed by atoms with Gasteiger partial charge in [-0.25, -0.2) is 0 Å². The first-order chi connectivity index (χ1) is 7.58. The molecule has 2 saturated heterocycles. The summed E-state index contributed by atoms with van der Waals surface area (Å²) in [5, 5.41) is 2.71. The fourth-order valence-corrected chi connectivity index (χ4v) is 2.44. The summed E-state index contributed by atoms with van der Waals surface area (Å²) >= 11 is 0. The van der Waals surface area contributed by atoms with E-state index in [2.05, 4.69) is 5.32 Å². The quantitative estimate of drug-likeness (QED) is 0.663. The maximum absolute atomic E-state index is 12.0. The van der Waals surface area contributed by atoms with E-state index in [-0.39, 0.29) is 23.9 Å². The van der Waals surface area contributed by atoms with Gasteiger partial charge in [0.2, 0.25) is 11.8 Å². The molecule has 0 aromatic heterocycles. The third-order valence-corrected chi connectivity index (χ3v) is 3.57. The second-order valence-corrected chi connectivity index (χ2v) is 4.85. The lowest BCUT2D eigenvalue weighted by Gasteiger charge is -2.21. The third kappa shape index (κ3) is 2.19. The lowest BCUT2D eigenvalue weighted by atomic mass is 10.0. The molecule has 0 aliphatic carbocycles. The monoisotopic (exact) mass is 225 g/mol. The summed E-state index contributed by atoms with van der Waals surface area (Å²) in [6.45, 7) is 3.50. The van der Waals surface area contributed by atoms with Crippen molar-refractivity contribution in [2.75, 3.05) is 13.1 Å². The number of nitrogens with two attached hydrogens (primary N) is 1. The first kappa shape index (κ1) is 11.4. The van der Waals surface area contributed by atoms with Gasteiger partial charge in [-0.05, 0) is 25.7 Å². The van der Waals surface area contributed by atoms with Crippen LogP contribution >= 0.6 is 0 Å². The Morgan fingerprint density at radius 3 is 2.81 bits per heavy atom. The number of nitrogens with one attached hydrogen (secondary N) is 1. The Labute approximate surface area is 95.3 Å². The number of likely N-dealkylation sites (tertiary alicyclic amines) is 1. The van der Waals surface area contributed by atoms with E-state index in [1.54, 1.807) is 0 Å². The first-order valence-electron chi connectivity index (χ1n) is 5.91. The first-order valence-corrected chi connectivity index (χ1v) is 5.91. The molecule has 2 aliphatic heterocycles. The van der Waals surface area contributed by atoms with Crippen molar-refractivity contribution >= 4 is 11.8 Å². The van der Waals surface area contributed by atoms with Gasteiger partial charge in [0.1, 0.15) is 6.04 Å². The highest BCUT2D eigenvalue weighted by atomic mass is 16.2. The molecule has 3 unspecified atom stereocenters. The van der Waals surface area contributed by atoms with Crippen LogP contribution in [0.2, 0.25) is 0 Å². The van der Waals surface area contributed by atoms with E-state index in [4.69, 9.17) is 5.73 Å². The van der Waals surface area contributed by atoms with E-state index in [9.17, 15) is 9.59 Å². The van der Waals surface area contributed by atoms with Gasteiger partial charge < -0.3 is 16.0 Å². The average molecular weight is 225 g/mol. The molecule has 16 heavy (non-hydrogen) atoms. The number of rotatable bonds is 2. The molecular weight excluding hydrogens is 206 g/mol. The Morgan fingerprint density at radius 1 is 1.56 bits per heavy atom. The van der Waals surface area contributed by atoms with Crippen molar-refractivity contribution in [1.29, 1.82) is 0 Å². The number of amides is 2. The summed E-state index contributed by atoms with van der Waals surface area (Å²) in [5.74, 6) is 0.455. The molecule has 5 nitrogen and oxygen atoms in total. The van der Waals surface area contributed by atoms with Crippen LogP contribution in [0.5, 0.6) is 0 Å². The molecule has 0 bridgehead atoms. The van der Waals surface area contributed by atoms with Crippen molar-refractivity contribution < 1.29 is 9.59 Å². The van der Waals surface area contributed by atoms with Crippen LogP contribution in [0.25, 0.3) is 0 Å². The smallest absolute Gasteiger partial charge is 0.245 e. The van der Waals surface area contributed by atoms with Gasteiger partial charge in [-0.15, -0.1) is 0 Å². The molecule has 2 amide bonds. The number of hydrogen-bond donors (Lipinski definition) is 2. The van der Waals surface area contributed by atoms with Gasteiger partial charge in [0, 0.05) is 25.6 Å². The van der Waals surface area contributed by atoms with Crippen LogP contribution in [0, 0.1) is 5.92 Å². The molecule has 0 aromatic rings. The van der Waals surface area contributed by atoms with Crippen LogP contribution in [-0.4, -0.2) is 41.9 Å². The Bertz CT molecular complexity index is 304. The largest absolute Gasteiger partial charge is 0.344 e. The van der Waals surface area contributed by atoms with Gasteiger partial charge in [0.05, 0.1) is 0 Å². The van der Waals surface area contributed by atoms with Crippen LogP contribution in [0.4, 0.5) is 0 Å². The fourth-order valence-electron chi connectivity index (χ4n) is 2.44. The lowest BCUT2D eigenvalue weighted by molar-refractivity contribution is -0.133. The minimum Gasteiger partial charge on any atom is -0.344 e. The van der Waals surface area contributed by atoms with Gasteiger partial charge in [-0.2, -0.15) is 0 Å². The predicted molar refractivity (Wildman–Crippen MR) is 59.5 cm³/mol. The Hall–Kier alpha value is -1.10. The van der Waals surface area contributed by atoms with Gasteiger partial charge in [0.15, 0.2) is 0 Å². The van der Waals surface area contributed by atoms with E-state index in [1.807, 2.05) is 11.8 Å². The van der Waals surface area contributed by atoms with Crippen molar-refractivity contribution in [1.82, 2.24) is 10.2 Å². The Balaban J connectivity index is 1.89. The molecule has 5 heteroatoms. The normalized spacial score (nSPS) is 31.6. The summed E-state index contributed by atoms with van der Waals surface area (Å²) in [6.07, 6.45) is 2.09. The molecule has 0 spiro atoms. The zero-order valence-electron chi connectivity index (χ0n) is 9.61. The van der Waals surface area contributed by atoms with E-state index in [0.29, 0.717) is 18.8 Å². The molecule has 2 aliphatic rings. The summed E-state index contributed by atoms with van der Waals surface area (Å²) < 4.78 is 0. The van der Waals surface area contributed by atoms with Crippen molar-refractivity contribution in [2.24, 2.45) is 11.7 Å². The number of hydrogen-bond acceptors (Lipinski definition) is 3. The van der Waals surface area contributed by atoms with E-state index >= 15 is 0 Å². The molecule has 3 atom stereocenters. The molecular formula is C11H19N3O2. The van der Waals surface area contributed by atoms with E-state index < -0.39 is 0 Å². The summed E-state index contributed by atoms with van der Waals surface area (Å²) in [5.41, 5.74) is 5.83. The topological polar surface area (TPSA) is 75.4 Å². The Morgan fingerprint density at radius 2 is 2.31 bits per heavy atom. The van der Waals surface area contributed by atoms with Gasteiger partial charge >= 0.3 is 0 Å². The van der Waals surface area contributed by atoms with Crippen LogP contribution in [0.3, 0.4) is 0 Å². The summed E-state index contributed by atoms with van der Waals surface area (Å²) in [7, 11) is 0. The van der Waals surface area contributed by atoms with Crippen molar-refractivity contribution in [3.05, 3.63) is 0 Å². The highest BCUT2D eigenvalue weighted by molar-refractivity contribution is 5.90. The third-order valence-electron chi connectivity index (χ3n) is 3.57. The minimum absolute atomic E-state index is 0.0127. The van der Waals surface area contributed by atoms with Crippen molar-refractivity contribution in [3.63, 3.8) is 0 Å². The molecule has 0 aromatic carbocycles. The molecule has 90 valence electrons. The molecule has 2 heterocycles. The van der Waals surface area contributed by atoms with Crippen molar-refractivity contribution in [3.8, 4) is 0 Å². The predicted octanol–water partition coefficient (Wildman–Crippen LogP) is -0.539. The van der Waals surface area contributed by atoms with Crippen LogP contribution in [0.15, 0.2) is 0 Å². The zero-order chi connectivity index (χ0) is 11.7. The number of carbonyl (C=O) groups excluding carboxylic acids is 2. The van der Waals surface area contributed by atoms with E-state index in [0.717, 1.165) is 19.5 Å². The maximum Gasteiger partial charge on any atom is 0.245 e. The zero-order valence-corrected chi connectivity index (χ0v) is 9.61. The Kier molecular flexibility index (Phi) is 3.14. The number of carbonyl (C=O) groups is 2. The SMILES string of the molecule is CC(N)C1CCN(C(=O)C2CCC(=O)N2)C1. The molecule has 0 radical (unpaired) electrons. The van der Waals surface area contributed by atoms with Gasteiger partial charge in [0.25, 0.3) is 0 Å². The van der Waals surface area contributed by atoms with Crippen LogP contribution in [0.1, 0.15) is 26.2 Å². The molecule has 3 N–H and O–H groups in total. The van der Waals surface area contributed by atoms with Crippen LogP contribution in [-0.2, 0) is 9.59 Å².